The number of nitrogens with one attached hydrogen (secondary N) is 2. The zero-order valence-electron chi connectivity index (χ0n) is 11.6. The topological polar surface area (TPSA) is 74.2 Å². The third kappa shape index (κ3) is 4.86. The van der Waals surface area contributed by atoms with Crippen molar-refractivity contribution in [2.24, 2.45) is 0 Å². The van der Waals surface area contributed by atoms with E-state index in [-0.39, 0.29) is 11.5 Å². The van der Waals surface area contributed by atoms with Gasteiger partial charge in [-0.25, -0.2) is 4.39 Å². The zero-order valence-corrected chi connectivity index (χ0v) is 11.6. The molecule has 6 heteroatoms. The van der Waals surface area contributed by atoms with Crippen LogP contribution in [0.1, 0.15) is 18.9 Å². The van der Waals surface area contributed by atoms with Gasteiger partial charge in [0.15, 0.2) is 0 Å². The number of rotatable bonds is 7. The largest absolute Gasteiger partial charge is 0.385 e. The highest BCUT2D eigenvalue weighted by molar-refractivity contribution is 5.84. The molecule has 0 radical (unpaired) electrons. The molecule has 0 bridgehead atoms. The lowest BCUT2D eigenvalue weighted by Gasteiger charge is -2.15. The number of amides is 1. The summed E-state index contributed by atoms with van der Waals surface area (Å²) in [5.41, 5.74) is 0.477. The highest BCUT2D eigenvalue weighted by Gasteiger charge is 2.12. The molecule has 0 aliphatic heterocycles. The van der Waals surface area contributed by atoms with Gasteiger partial charge in [0, 0.05) is 25.9 Å². The monoisotopic (exact) mass is 279 g/mol. The quantitative estimate of drug-likeness (QED) is 0.744. The molecule has 1 aromatic carbocycles. The molecule has 0 heterocycles. The number of benzene rings is 1. The maximum absolute atomic E-state index is 13.2. The predicted molar refractivity (Wildman–Crippen MR) is 73.7 cm³/mol. The Labute approximate surface area is 117 Å². The number of nitriles is 1. The molecule has 1 rings (SSSR count). The molecule has 1 amide bonds. The molecule has 0 saturated carbocycles. The lowest BCUT2D eigenvalue weighted by molar-refractivity contribution is -0.121. The van der Waals surface area contributed by atoms with Crippen LogP contribution in [-0.4, -0.2) is 32.2 Å². The van der Waals surface area contributed by atoms with Crippen molar-refractivity contribution in [1.29, 1.82) is 5.26 Å². The van der Waals surface area contributed by atoms with E-state index < -0.39 is 11.9 Å². The van der Waals surface area contributed by atoms with Crippen LogP contribution in [0.3, 0.4) is 0 Å². The summed E-state index contributed by atoms with van der Waals surface area (Å²) in [6.45, 7) is 2.82. The molecule has 0 aliphatic rings. The normalized spacial score (nSPS) is 11.5. The first-order valence-corrected chi connectivity index (χ1v) is 6.31. The molecule has 2 N–H and O–H groups in total. The van der Waals surface area contributed by atoms with E-state index in [4.69, 9.17) is 10.00 Å². The molecule has 0 aliphatic carbocycles. The van der Waals surface area contributed by atoms with Crippen molar-refractivity contribution >= 4 is 11.6 Å². The summed E-state index contributed by atoms with van der Waals surface area (Å²) in [6.07, 6.45) is 0.740. The minimum absolute atomic E-state index is 0.0531. The van der Waals surface area contributed by atoms with Crippen molar-refractivity contribution < 1.29 is 13.9 Å². The molecule has 1 unspecified atom stereocenters. The predicted octanol–water partition coefficient (Wildman–Crippen LogP) is 1.65. The SMILES string of the molecule is COCCCNC(=O)C(C)Nc1ccc(F)c(C#N)c1. The second-order valence-electron chi connectivity index (χ2n) is 4.31. The van der Waals surface area contributed by atoms with Crippen LogP contribution in [0, 0.1) is 17.1 Å². The average Bonchev–Trinajstić information content (AvgIpc) is 2.45. The number of methoxy groups -OCH3 is 1. The first-order valence-electron chi connectivity index (χ1n) is 6.31. The van der Waals surface area contributed by atoms with Gasteiger partial charge >= 0.3 is 0 Å². The molecular formula is C14H18FN3O2. The molecule has 0 saturated heterocycles. The number of anilines is 1. The molecule has 1 atom stereocenters. The Hall–Kier alpha value is -2.13. The third-order valence-corrected chi connectivity index (χ3v) is 2.69. The number of hydrogen-bond donors (Lipinski definition) is 2. The maximum atomic E-state index is 13.2. The smallest absolute Gasteiger partial charge is 0.242 e. The fourth-order valence-corrected chi connectivity index (χ4v) is 1.60. The lowest BCUT2D eigenvalue weighted by Crippen LogP contribution is -2.38. The molecule has 20 heavy (non-hydrogen) atoms. The van der Waals surface area contributed by atoms with Gasteiger partial charge in [-0.1, -0.05) is 0 Å². The summed E-state index contributed by atoms with van der Waals surface area (Å²) in [5, 5.41) is 14.4. The van der Waals surface area contributed by atoms with Crippen LogP contribution in [-0.2, 0) is 9.53 Å². The Kier molecular flexibility index (Phi) is 6.47. The van der Waals surface area contributed by atoms with Crippen molar-refractivity contribution in [2.45, 2.75) is 19.4 Å². The molecule has 0 aromatic heterocycles. The summed E-state index contributed by atoms with van der Waals surface area (Å²) >= 11 is 0. The van der Waals surface area contributed by atoms with E-state index in [0.29, 0.717) is 18.8 Å². The first-order chi connectivity index (χ1) is 9.58. The Balaban J connectivity index is 2.51. The van der Waals surface area contributed by atoms with Crippen LogP contribution in [0.15, 0.2) is 18.2 Å². The van der Waals surface area contributed by atoms with Crippen molar-refractivity contribution in [3.63, 3.8) is 0 Å². The molecule has 108 valence electrons. The fraction of sp³-hybridized carbons (Fsp3) is 0.429. The number of carbonyl (C=O) groups is 1. The van der Waals surface area contributed by atoms with E-state index in [0.717, 1.165) is 6.42 Å². The van der Waals surface area contributed by atoms with Crippen molar-refractivity contribution in [3.8, 4) is 6.07 Å². The second-order valence-corrected chi connectivity index (χ2v) is 4.31. The van der Waals surface area contributed by atoms with Crippen molar-refractivity contribution in [2.75, 3.05) is 25.6 Å². The van der Waals surface area contributed by atoms with Gasteiger partial charge in [-0.3, -0.25) is 4.79 Å². The summed E-state index contributed by atoms with van der Waals surface area (Å²) in [5.74, 6) is -0.737. The molecule has 0 spiro atoms. The second kappa shape index (κ2) is 8.12. The van der Waals surface area contributed by atoms with Gasteiger partial charge < -0.3 is 15.4 Å². The van der Waals surface area contributed by atoms with Crippen molar-refractivity contribution in [3.05, 3.63) is 29.6 Å². The molecule has 5 nitrogen and oxygen atoms in total. The Morgan fingerprint density at radius 1 is 1.55 bits per heavy atom. The first kappa shape index (κ1) is 15.9. The molecule has 0 fully saturated rings. The van der Waals surface area contributed by atoms with Crippen LogP contribution in [0.4, 0.5) is 10.1 Å². The number of halogens is 1. The van der Waals surface area contributed by atoms with E-state index in [1.807, 2.05) is 0 Å². The Bertz CT molecular complexity index is 500. The van der Waals surface area contributed by atoms with Gasteiger partial charge in [0.25, 0.3) is 0 Å². The van der Waals surface area contributed by atoms with E-state index in [9.17, 15) is 9.18 Å². The molecular weight excluding hydrogens is 261 g/mol. The maximum Gasteiger partial charge on any atom is 0.242 e. The van der Waals surface area contributed by atoms with E-state index in [1.54, 1.807) is 20.1 Å². The standard InChI is InChI=1S/C14H18FN3O2/c1-10(14(19)17-6-3-7-20-2)18-12-4-5-13(15)11(8-12)9-16/h4-5,8,10,18H,3,6-7H2,1-2H3,(H,17,19). The van der Waals surface area contributed by atoms with E-state index in [2.05, 4.69) is 10.6 Å². The molecule has 1 aromatic rings. The zero-order chi connectivity index (χ0) is 15.0. The van der Waals surface area contributed by atoms with Crippen LogP contribution in [0.2, 0.25) is 0 Å². The van der Waals surface area contributed by atoms with Crippen LogP contribution >= 0.6 is 0 Å². The van der Waals surface area contributed by atoms with E-state index in [1.165, 1.54) is 18.2 Å². The average molecular weight is 279 g/mol. The van der Waals surface area contributed by atoms with Gasteiger partial charge in [-0.15, -0.1) is 0 Å². The summed E-state index contributed by atoms with van der Waals surface area (Å²) in [7, 11) is 1.60. The van der Waals surface area contributed by atoms with Gasteiger partial charge in [0.2, 0.25) is 5.91 Å². The lowest BCUT2D eigenvalue weighted by atomic mass is 10.2. The summed E-state index contributed by atoms with van der Waals surface area (Å²) in [6, 6.07) is 5.35. The number of hydrogen-bond acceptors (Lipinski definition) is 4. The van der Waals surface area contributed by atoms with Gasteiger partial charge in [-0.05, 0) is 31.5 Å². The Morgan fingerprint density at radius 2 is 2.30 bits per heavy atom. The number of carbonyl (C=O) groups excluding carboxylic acids is 1. The van der Waals surface area contributed by atoms with Gasteiger partial charge in [-0.2, -0.15) is 5.26 Å². The number of ether oxygens (including phenoxy) is 1. The van der Waals surface area contributed by atoms with Crippen molar-refractivity contribution in [1.82, 2.24) is 5.32 Å². The van der Waals surface area contributed by atoms with Crippen LogP contribution in [0.25, 0.3) is 0 Å². The highest BCUT2D eigenvalue weighted by Crippen LogP contribution is 2.14. The fourth-order valence-electron chi connectivity index (χ4n) is 1.60. The summed E-state index contributed by atoms with van der Waals surface area (Å²) < 4.78 is 18.0. The van der Waals surface area contributed by atoms with Gasteiger partial charge in [0.05, 0.1) is 5.56 Å². The van der Waals surface area contributed by atoms with E-state index >= 15 is 0 Å². The minimum atomic E-state index is -0.574. The summed E-state index contributed by atoms with van der Waals surface area (Å²) in [4.78, 5) is 11.8. The van der Waals surface area contributed by atoms with Crippen LogP contribution in [0.5, 0.6) is 0 Å². The minimum Gasteiger partial charge on any atom is -0.385 e. The highest BCUT2D eigenvalue weighted by atomic mass is 19.1. The number of nitrogens with zero attached hydrogens (tertiary/aromatic N) is 1. The van der Waals surface area contributed by atoms with Gasteiger partial charge in [0.1, 0.15) is 17.9 Å². The van der Waals surface area contributed by atoms with Crippen LogP contribution < -0.4 is 10.6 Å². The Morgan fingerprint density at radius 3 is 2.95 bits per heavy atom. The third-order valence-electron chi connectivity index (χ3n) is 2.69.